The lowest BCUT2D eigenvalue weighted by Gasteiger charge is -2.12. The topological polar surface area (TPSA) is 102 Å². The normalized spacial score (nSPS) is 10.3. The Kier molecular flexibility index (Phi) is 4.19. The molecule has 0 bridgehead atoms. The average molecular weight is 259 g/mol. The molecule has 2 aromatic heterocycles. The monoisotopic (exact) mass is 259 g/mol. The Labute approximate surface area is 111 Å². The Balaban J connectivity index is 2.13. The van der Waals surface area contributed by atoms with Crippen molar-refractivity contribution in [3.05, 3.63) is 35.7 Å². The van der Waals surface area contributed by atoms with E-state index in [0.717, 1.165) is 29.2 Å². The minimum Gasteiger partial charge on any atom is -0.364 e. The Morgan fingerprint density at radius 1 is 1.11 bits per heavy atom. The summed E-state index contributed by atoms with van der Waals surface area (Å²) in [4.78, 5) is 16.8. The third kappa shape index (κ3) is 3.14. The smallest absolute Gasteiger partial charge is 0.148 e. The molecule has 0 saturated heterocycles. The van der Waals surface area contributed by atoms with Crippen molar-refractivity contribution in [1.29, 1.82) is 0 Å². The molecule has 0 amide bonds. The van der Waals surface area contributed by atoms with E-state index in [1.54, 1.807) is 12.4 Å². The minimum absolute atomic E-state index is 0.557. The largest absolute Gasteiger partial charge is 0.364 e. The Hall–Kier alpha value is -2.28. The van der Waals surface area contributed by atoms with Gasteiger partial charge >= 0.3 is 0 Å². The van der Waals surface area contributed by atoms with E-state index >= 15 is 0 Å². The summed E-state index contributed by atoms with van der Waals surface area (Å²) in [7, 11) is 0. The molecule has 0 saturated carbocycles. The zero-order chi connectivity index (χ0) is 13.7. The van der Waals surface area contributed by atoms with Gasteiger partial charge in [0.05, 0.1) is 24.1 Å². The lowest BCUT2D eigenvalue weighted by atomic mass is 10.2. The first-order chi connectivity index (χ1) is 9.24. The molecule has 2 aromatic rings. The molecule has 0 aliphatic rings. The van der Waals surface area contributed by atoms with Crippen LogP contribution in [0.3, 0.4) is 0 Å². The molecule has 7 heteroatoms. The van der Waals surface area contributed by atoms with Crippen molar-refractivity contribution in [2.45, 2.75) is 26.8 Å². The van der Waals surface area contributed by atoms with Crippen molar-refractivity contribution in [2.75, 3.05) is 10.7 Å². The SMILES string of the molecule is CCc1c(NN)ncnc1NCc1cnc(C)cn1. The van der Waals surface area contributed by atoms with Gasteiger partial charge < -0.3 is 10.7 Å². The van der Waals surface area contributed by atoms with Gasteiger partial charge in [0.15, 0.2) is 0 Å². The number of hydrogen-bond donors (Lipinski definition) is 3. The molecule has 0 unspecified atom stereocenters. The lowest BCUT2D eigenvalue weighted by molar-refractivity contribution is 0.956. The van der Waals surface area contributed by atoms with Crippen LogP contribution in [-0.2, 0) is 13.0 Å². The molecule has 0 aliphatic heterocycles. The molecule has 0 spiro atoms. The van der Waals surface area contributed by atoms with Crippen LogP contribution in [0.4, 0.5) is 11.6 Å². The second-order valence-electron chi connectivity index (χ2n) is 4.05. The molecule has 2 rings (SSSR count). The van der Waals surface area contributed by atoms with E-state index in [1.807, 2.05) is 13.8 Å². The van der Waals surface area contributed by atoms with Crippen LogP contribution in [0.25, 0.3) is 0 Å². The minimum atomic E-state index is 0.557. The van der Waals surface area contributed by atoms with E-state index in [4.69, 9.17) is 5.84 Å². The molecule has 19 heavy (non-hydrogen) atoms. The fourth-order valence-electron chi connectivity index (χ4n) is 1.71. The van der Waals surface area contributed by atoms with Gasteiger partial charge in [0.2, 0.25) is 0 Å². The predicted octanol–water partition coefficient (Wildman–Crippen LogP) is 1.04. The number of hydrogen-bond acceptors (Lipinski definition) is 7. The number of rotatable bonds is 5. The van der Waals surface area contributed by atoms with Crippen LogP contribution in [0.15, 0.2) is 18.7 Å². The highest BCUT2D eigenvalue weighted by molar-refractivity contribution is 5.56. The van der Waals surface area contributed by atoms with Gasteiger partial charge in [-0.05, 0) is 13.3 Å². The zero-order valence-electron chi connectivity index (χ0n) is 11.0. The van der Waals surface area contributed by atoms with Gasteiger partial charge in [-0.2, -0.15) is 0 Å². The molecule has 4 N–H and O–H groups in total. The summed E-state index contributed by atoms with van der Waals surface area (Å²) < 4.78 is 0. The predicted molar refractivity (Wildman–Crippen MR) is 73.3 cm³/mol. The first-order valence-corrected chi connectivity index (χ1v) is 6.06. The van der Waals surface area contributed by atoms with E-state index in [0.29, 0.717) is 12.4 Å². The number of hydrazine groups is 1. The molecule has 0 atom stereocenters. The van der Waals surface area contributed by atoms with E-state index in [9.17, 15) is 0 Å². The summed E-state index contributed by atoms with van der Waals surface area (Å²) in [6.07, 6.45) is 5.74. The van der Waals surface area contributed by atoms with Gasteiger partial charge in [-0.25, -0.2) is 15.8 Å². The molecule has 0 fully saturated rings. The molecule has 7 nitrogen and oxygen atoms in total. The van der Waals surface area contributed by atoms with Gasteiger partial charge in [-0.3, -0.25) is 9.97 Å². The van der Waals surface area contributed by atoms with E-state index in [1.165, 1.54) is 6.33 Å². The van der Waals surface area contributed by atoms with Crippen LogP contribution in [0, 0.1) is 6.92 Å². The van der Waals surface area contributed by atoms with E-state index in [2.05, 4.69) is 30.7 Å². The maximum Gasteiger partial charge on any atom is 0.148 e. The number of aryl methyl sites for hydroxylation is 1. The fraction of sp³-hybridized carbons (Fsp3) is 0.333. The summed E-state index contributed by atoms with van der Waals surface area (Å²) >= 11 is 0. The summed E-state index contributed by atoms with van der Waals surface area (Å²) in [5, 5.41) is 3.23. The number of nitrogen functional groups attached to an aromatic ring is 1. The number of nitrogens with two attached hydrogens (primary N) is 1. The Bertz CT molecular complexity index is 538. The molecular formula is C12H17N7. The maximum atomic E-state index is 5.43. The van der Waals surface area contributed by atoms with Gasteiger partial charge in [0, 0.05) is 11.8 Å². The quantitative estimate of drug-likeness (QED) is 0.544. The van der Waals surface area contributed by atoms with Crippen LogP contribution in [0.1, 0.15) is 23.9 Å². The van der Waals surface area contributed by atoms with Crippen molar-refractivity contribution in [3.8, 4) is 0 Å². The van der Waals surface area contributed by atoms with Crippen molar-refractivity contribution >= 4 is 11.6 Å². The highest BCUT2D eigenvalue weighted by atomic mass is 15.3. The van der Waals surface area contributed by atoms with Crippen molar-refractivity contribution < 1.29 is 0 Å². The molecular weight excluding hydrogens is 242 g/mol. The van der Waals surface area contributed by atoms with Gasteiger partial charge in [0.25, 0.3) is 0 Å². The Morgan fingerprint density at radius 2 is 1.89 bits per heavy atom. The molecule has 100 valence electrons. The lowest BCUT2D eigenvalue weighted by Crippen LogP contribution is -2.14. The Morgan fingerprint density at radius 3 is 2.53 bits per heavy atom. The van der Waals surface area contributed by atoms with Crippen LogP contribution in [-0.4, -0.2) is 19.9 Å². The summed E-state index contributed by atoms with van der Waals surface area (Å²) in [6, 6.07) is 0. The van der Waals surface area contributed by atoms with Crippen molar-refractivity contribution in [3.63, 3.8) is 0 Å². The zero-order valence-corrected chi connectivity index (χ0v) is 11.0. The summed E-state index contributed by atoms with van der Waals surface area (Å²) in [5.41, 5.74) is 5.28. The maximum absolute atomic E-state index is 5.43. The van der Waals surface area contributed by atoms with E-state index < -0.39 is 0 Å². The third-order valence-electron chi connectivity index (χ3n) is 2.71. The van der Waals surface area contributed by atoms with Crippen LogP contribution in [0.5, 0.6) is 0 Å². The van der Waals surface area contributed by atoms with Crippen LogP contribution >= 0.6 is 0 Å². The molecule has 2 heterocycles. The first-order valence-electron chi connectivity index (χ1n) is 6.06. The molecule has 0 radical (unpaired) electrons. The van der Waals surface area contributed by atoms with Crippen LogP contribution in [0.2, 0.25) is 0 Å². The average Bonchev–Trinajstić information content (AvgIpc) is 2.46. The number of aromatic nitrogens is 4. The summed E-state index contributed by atoms with van der Waals surface area (Å²) in [5.74, 6) is 6.82. The van der Waals surface area contributed by atoms with Crippen LogP contribution < -0.4 is 16.6 Å². The fourth-order valence-corrected chi connectivity index (χ4v) is 1.71. The molecule has 0 aromatic carbocycles. The van der Waals surface area contributed by atoms with Gasteiger partial charge in [0.1, 0.15) is 18.0 Å². The third-order valence-corrected chi connectivity index (χ3v) is 2.71. The number of nitrogens with zero attached hydrogens (tertiary/aromatic N) is 4. The second kappa shape index (κ2) is 6.05. The standard InChI is InChI=1S/C12H17N7/c1-3-10-11(17-7-18-12(10)19-13)16-6-9-5-14-8(2)4-15-9/h4-5,7H,3,6,13H2,1-2H3,(H2,16,17,18,19). The van der Waals surface area contributed by atoms with E-state index in [-0.39, 0.29) is 0 Å². The first kappa shape index (κ1) is 13.2. The summed E-state index contributed by atoms with van der Waals surface area (Å²) in [6.45, 7) is 4.49. The highest BCUT2D eigenvalue weighted by Crippen LogP contribution is 2.19. The number of anilines is 2. The van der Waals surface area contributed by atoms with Gasteiger partial charge in [-0.1, -0.05) is 6.92 Å². The highest BCUT2D eigenvalue weighted by Gasteiger charge is 2.08. The second-order valence-corrected chi connectivity index (χ2v) is 4.05. The van der Waals surface area contributed by atoms with Crippen molar-refractivity contribution in [2.24, 2.45) is 5.84 Å². The van der Waals surface area contributed by atoms with Gasteiger partial charge in [-0.15, -0.1) is 0 Å². The van der Waals surface area contributed by atoms with Crippen molar-refractivity contribution in [1.82, 2.24) is 19.9 Å². The number of nitrogens with one attached hydrogen (secondary N) is 2. The molecule has 0 aliphatic carbocycles.